The minimum absolute atomic E-state index is 0.629. The Morgan fingerprint density at radius 3 is 2.44 bits per heavy atom. The second-order valence-electron chi connectivity index (χ2n) is 4.85. The molecule has 1 aromatic heterocycles. The van der Waals surface area contributed by atoms with Crippen molar-refractivity contribution in [3.8, 4) is 0 Å². The molecule has 2 rings (SSSR count). The zero-order valence-corrected chi connectivity index (χ0v) is 10.8. The minimum Gasteiger partial charge on any atom is -0.306 e. The number of aromatic amines is 1. The first-order chi connectivity index (χ1) is 8.74. The molecule has 1 heterocycles. The van der Waals surface area contributed by atoms with E-state index in [-0.39, 0.29) is 0 Å². The molecule has 0 bridgehead atoms. The summed E-state index contributed by atoms with van der Waals surface area (Å²) >= 11 is 0. The number of nitrogens with zero attached hydrogens (tertiary/aromatic N) is 3. The predicted molar refractivity (Wildman–Crippen MR) is 69.7 cm³/mol. The van der Waals surface area contributed by atoms with Gasteiger partial charge in [-0.15, -0.1) is 10.2 Å². The van der Waals surface area contributed by atoms with Gasteiger partial charge in [-0.1, -0.05) is 43.3 Å². The average molecular weight is 245 g/mol. The quantitative estimate of drug-likeness (QED) is 0.812. The lowest BCUT2D eigenvalue weighted by atomic mass is 10.0. The van der Waals surface area contributed by atoms with Crippen molar-refractivity contribution in [2.75, 3.05) is 0 Å². The molecule has 0 atom stereocenters. The van der Waals surface area contributed by atoms with Crippen LogP contribution in [0.4, 0.5) is 0 Å². The Morgan fingerprint density at radius 2 is 1.83 bits per heavy atom. The van der Waals surface area contributed by atoms with E-state index in [2.05, 4.69) is 64.1 Å². The first-order valence-corrected chi connectivity index (χ1v) is 6.25. The SMILES string of the molecule is CC(C)Cc1ccc(CNCc2nn[nH]n2)cc1. The Balaban J connectivity index is 1.79. The summed E-state index contributed by atoms with van der Waals surface area (Å²) < 4.78 is 0. The van der Waals surface area contributed by atoms with Crippen molar-refractivity contribution < 1.29 is 0 Å². The lowest BCUT2D eigenvalue weighted by Gasteiger charge is -2.06. The van der Waals surface area contributed by atoms with E-state index in [1.165, 1.54) is 11.1 Å². The highest BCUT2D eigenvalue weighted by molar-refractivity contribution is 5.22. The van der Waals surface area contributed by atoms with Crippen LogP contribution in [0.25, 0.3) is 0 Å². The number of benzene rings is 1. The highest BCUT2D eigenvalue weighted by Gasteiger charge is 2.00. The summed E-state index contributed by atoms with van der Waals surface area (Å²) in [5, 5.41) is 17.0. The van der Waals surface area contributed by atoms with Gasteiger partial charge in [0.25, 0.3) is 0 Å². The number of aromatic nitrogens is 4. The molecular formula is C13H19N5. The molecule has 1 aromatic carbocycles. The van der Waals surface area contributed by atoms with Crippen molar-refractivity contribution in [2.45, 2.75) is 33.4 Å². The van der Waals surface area contributed by atoms with Crippen LogP contribution < -0.4 is 5.32 Å². The Labute approximate surface area is 107 Å². The molecule has 0 unspecified atom stereocenters. The number of hydrogen-bond donors (Lipinski definition) is 2. The standard InChI is InChI=1S/C13H19N5/c1-10(2)7-11-3-5-12(6-4-11)8-14-9-13-15-17-18-16-13/h3-6,10,14H,7-9H2,1-2H3,(H,15,16,17,18). The molecule has 2 N–H and O–H groups in total. The molecule has 96 valence electrons. The van der Waals surface area contributed by atoms with Gasteiger partial charge < -0.3 is 5.32 Å². The van der Waals surface area contributed by atoms with Crippen molar-refractivity contribution in [1.82, 2.24) is 25.9 Å². The minimum atomic E-state index is 0.629. The molecule has 0 aliphatic heterocycles. The number of rotatable bonds is 6. The van der Waals surface area contributed by atoms with E-state index in [0.717, 1.165) is 13.0 Å². The number of tetrazole rings is 1. The van der Waals surface area contributed by atoms with Gasteiger partial charge in [0.1, 0.15) is 0 Å². The fraction of sp³-hybridized carbons (Fsp3) is 0.462. The molecule has 0 fully saturated rings. The first-order valence-electron chi connectivity index (χ1n) is 6.25. The van der Waals surface area contributed by atoms with Crippen LogP contribution >= 0.6 is 0 Å². The molecule has 0 radical (unpaired) electrons. The Kier molecular flexibility index (Phi) is 4.41. The van der Waals surface area contributed by atoms with Gasteiger partial charge in [0.2, 0.25) is 0 Å². The summed E-state index contributed by atoms with van der Waals surface area (Å²) in [6, 6.07) is 8.73. The highest BCUT2D eigenvalue weighted by atomic mass is 15.5. The van der Waals surface area contributed by atoms with Gasteiger partial charge in [0.05, 0.1) is 6.54 Å². The van der Waals surface area contributed by atoms with E-state index in [4.69, 9.17) is 0 Å². The van der Waals surface area contributed by atoms with Crippen LogP contribution in [-0.4, -0.2) is 20.6 Å². The summed E-state index contributed by atoms with van der Waals surface area (Å²) in [7, 11) is 0. The summed E-state index contributed by atoms with van der Waals surface area (Å²) in [5.74, 6) is 1.39. The topological polar surface area (TPSA) is 66.5 Å². The lowest BCUT2D eigenvalue weighted by molar-refractivity contribution is 0.645. The summed E-state index contributed by atoms with van der Waals surface area (Å²) in [4.78, 5) is 0. The molecular weight excluding hydrogens is 226 g/mol. The van der Waals surface area contributed by atoms with Crippen molar-refractivity contribution in [2.24, 2.45) is 5.92 Å². The summed E-state index contributed by atoms with van der Waals surface area (Å²) in [6.07, 6.45) is 1.14. The largest absolute Gasteiger partial charge is 0.306 e. The molecule has 5 heteroatoms. The van der Waals surface area contributed by atoms with Crippen LogP contribution in [0.2, 0.25) is 0 Å². The second kappa shape index (κ2) is 6.26. The van der Waals surface area contributed by atoms with Crippen LogP contribution in [0.1, 0.15) is 30.8 Å². The fourth-order valence-electron chi connectivity index (χ4n) is 1.84. The van der Waals surface area contributed by atoms with Gasteiger partial charge in [-0.2, -0.15) is 5.21 Å². The summed E-state index contributed by atoms with van der Waals surface area (Å²) in [6.45, 7) is 5.92. The van der Waals surface area contributed by atoms with Crippen LogP contribution in [0, 0.1) is 5.92 Å². The second-order valence-corrected chi connectivity index (χ2v) is 4.85. The molecule has 5 nitrogen and oxygen atoms in total. The zero-order valence-electron chi connectivity index (χ0n) is 10.8. The van der Waals surface area contributed by atoms with Gasteiger partial charge in [-0.3, -0.25) is 0 Å². The van der Waals surface area contributed by atoms with Crippen LogP contribution in [0.3, 0.4) is 0 Å². The van der Waals surface area contributed by atoms with Crippen LogP contribution in [0.5, 0.6) is 0 Å². The average Bonchev–Trinajstić information content (AvgIpc) is 2.84. The third kappa shape index (κ3) is 3.92. The maximum atomic E-state index is 3.88. The Hall–Kier alpha value is -1.75. The molecule has 0 saturated heterocycles. The van der Waals surface area contributed by atoms with Gasteiger partial charge in [-0.05, 0) is 23.5 Å². The smallest absolute Gasteiger partial charge is 0.188 e. The van der Waals surface area contributed by atoms with Crippen molar-refractivity contribution in [1.29, 1.82) is 0 Å². The predicted octanol–water partition coefficient (Wildman–Crippen LogP) is 1.69. The summed E-state index contributed by atoms with van der Waals surface area (Å²) in [5.41, 5.74) is 2.66. The third-order valence-electron chi connectivity index (χ3n) is 2.67. The highest BCUT2D eigenvalue weighted by Crippen LogP contribution is 2.09. The normalized spacial score (nSPS) is 11.1. The molecule has 0 saturated carbocycles. The maximum absolute atomic E-state index is 3.88. The van der Waals surface area contributed by atoms with Crippen molar-refractivity contribution in [3.05, 3.63) is 41.2 Å². The van der Waals surface area contributed by atoms with Crippen LogP contribution in [0.15, 0.2) is 24.3 Å². The molecule has 0 aliphatic rings. The van der Waals surface area contributed by atoms with Crippen molar-refractivity contribution >= 4 is 0 Å². The van der Waals surface area contributed by atoms with Crippen molar-refractivity contribution in [3.63, 3.8) is 0 Å². The molecule has 0 aliphatic carbocycles. The third-order valence-corrected chi connectivity index (χ3v) is 2.67. The lowest BCUT2D eigenvalue weighted by Crippen LogP contribution is -2.13. The van der Waals surface area contributed by atoms with Gasteiger partial charge in [-0.25, -0.2) is 0 Å². The van der Waals surface area contributed by atoms with E-state index in [1.54, 1.807) is 0 Å². The van der Waals surface area contributed by atoms with E-state index >= 15 is 0 Å². The van der Waals surface area contributed by atoms with Crippen LogP contribution in [-0.2, 0) is 19.5 Å². The van der Waals surface area contributed by atoms with E-state index in [0.29, 0.717) is 18.3 Å². The fourth-order valence-corrected chi connectivity index (χ4v) is 1.84. The first kappa shape index (κ1) is 12.7. The van der Waals surface area contributed by atoms with Gasteiger partial charge in [0, 0.05) is 6.54 Å². The Morgan fingerprint density at radius 1 is 1.11 bits per heavy atom. The van der Waals surface area contributed by atoms with Gasteiger partial charge >= 0.3 is 0 Å². The van der Waals surface area contributed by atoms with E-state index in [9.17, 15) is 0 Å². The molecule has 2 aromatic rings. The number of hydrogen-bond acceptors (Lipinski definition) is 4. The molecule has 18 heavy (non-hydrogen) atoms. The Bertz CT molecular complexity index is 447. The van der Waals surface area contributed by atoms with E-state index < -0.39 is 0 Å². The molecule has 0 amide bonds. The monoisotopic (exact) mass is 245 g/mol. The number of H-pyrrole nitrogens is 1. The van der Waals surface area contributed by atoms with Gasteiger partial charge in [0.15, 0.2) is 5.82 Å². The van der Waals surface area contributed by atoms with E-state index in [1.807, 2.05) is 0 Å². The number of nitrogens with one attached hydrogen (secondary N) is 2. The maximum Gasteiger partial charge on any atom is 0.188 e. The molecule has 0 spiro atoms. The zero-order chi connectivity index (χ0) is 12.8.